The van der Waals surface area contributed by atoms with Crippen LogP contribution in [0, 0.1) is 0 Å². The van der Waals surface area contributed by atoms with Gasteiger partial charge in [0.15, 0.2) is 0 Å². The highest BCUT2D eigenvalue weighted by Gasteiger charge is 2.17. The lowest BCUT2D eigenvalue weighted by Gasteiger charge is -2.22. The molecule has 0 N–H and O–H groups in total. The van der Waals surface area contributed by atoms with Crippen LogP contribution in [0.1, 0.15) is 62.3 Å². The summed E-state index contributed by atoms with van der Waals surface area (Å²) in [4.78, 5) is 0. The van der Waals surface area contributed by atoms with Gasteiger partial charge in [-0.3, -0.25) is 0 Å². The summed E-state index contributed by atoms with van der Waals surface area (Å²) in [5.74, 6) is 0.344. The van der Waals surface area contributed by atoms with Gasteiger partial charge >= 0.3 is 0 Å². The zero-order valence-corrected chi connectivity index (χ0v) is 18.2. The predicted molar refractivity (Wildman–Crippen MR) is 130 cm³/mol. The Labute approximate surface area is 176 Å². The van der Waals surface area contributed by atoms with Crippen molar-refractivity contribution < 1.29 is 0 Å². The molecule has 3 aromatic carbocycles. The molecule has 0 saturated carbocycles. The molecule has 0 heteroatoms. The fraction of sp³-hybridized carbons (Fsp3) is 0.241. The Kier molecular flexibility index (Phi) is 6.88. The van der Waals surface area contributed by atoms with Gasteiger partial charge in [-0.2, -0.15) is 0 Å². The summed E-state index contributed by atoms with van der Waals surface area (Å²) in [7, 11) is 0. The Morgan fingerprint density at radius 1 is 1.00 bits per heavy atom. The summed E-state index contributed by atoms with van der Waals surface area (Å²) in [6.07, 6.45) is 8.51. The van der Waals surface area contributed by atoms with Crippen LogP contribution in [0.3, 0.4) is 0 Å². The van der Waals surface area contributed by atoms with E-state index in [2.05, 4.69) is 107 Å². The third kappa shape index (κ3) is 4.43. The lowest BCUT2D eigenvalue weighted by atomic mass is 9.83. The van der Waals surface area contributed by atoms with Crippen LogP contribution in [0.4, 0.5) is 0 Å². The molecule has 0 bridgehead atoms. The highest BCUT2D eigenvalue weighted by atomic mass is 14.2. The first-order chi connectivity index (χ1) is 14.1. The molecular weight excluding hydrogens is 348 g/mol. The molecule has 0 fully saturated rings. The molecular formula is C29H32. The molecule has 1 atom stereocenters. The van der Waals surface area contributed by atoms with Gasteiger partial charge in [-0.25, -0.2) is 0 Å². The number of hydrogen-bond donors (Lipinski definition) is 0. The Morgan fingerprint density at radius 3 is 2.45 bits per heavy atom. The standard InChI is InChI=1S/C29H32/c1-6-12-26(21(4)8-3)29-17-11-16-27(28(29)13-7-2)22(5)24-19-18-23-14-9-10-15-25(23)20-24/h6,8-12,14-20,22H,3,7,13H2,1-2,4-5H3/b12-6-,26-21+. The van der Waals surface area contributed by atoms with Crippen LogP contribution in [0.2, 0.25) is 0 Å². The van der Waals surface area contributed by atoms with E-state index in [4.69, 9.17) is 0 Å². The van der Waals surface area contributed by atoms with Crippen LogP contribution in [-0.4, -0.2) is 0 Å². The molecule has 29 heavy (non-hydrogen) atoms. The van der Waals surface area contributed by atoms with Gasteiger partial charge in [-0.1, -0.05) is 106 Å². The van der Waals surface area contributed by atoms with Gasteiger partial charge < -0.3 is 0 Å². The minimum absolute atomic E-state index is 0.344. The van der Waals surface area contributed by atoms with Crippen molar-refractivity contribution in [2.75, 3.05) is 0 Å². The van der Waals surface area contributed by atoms with Crippen LogP contribution in [0.5, 0.6) is 0 Å². The van der Waals surface area contributed by atoms with Crippen molar-refractivity contribution in [2.45, 2.75) is 46.5 Å². The molecule has 3 aromatic rings. The molecule has 148 valence electrons. The lowest BCUT2D eigenvalue weighted by Crippen LogP contribution is -2.05. The van der Waals surface area contributed by atoms with Crippen molar-refractivity contribution in [3.05, 3.63) is 113 Å². The first-order valence-corrected chi connectivity index (χ1v) is 10.7. The molecule has 0 aliphatic carbocycles. The van der Waals surface area contributed by atoms with Crippen LogP contribution in [-0.2, 0) is 6.42 Å². The van der Waals surface area contributed by atoms with E-state index in [1.165, 1.54) is 44.2 Å². The summed E-state index contributed by atoms with van der Waals surface area (Å²) >= 11 is 0. The summed E-state index contributed by atoms with van der Waals surface area (Å²) in [5, 5.41) is 2.60. The Bertz CT molecular complexity index is 1060. The fourth-order valence-corrected chi connectivity index (χ4v) is 4.16. The van der Waals surface area contributed by atoms with E-state index in [1.54, 1.807) is 0 Å². The largest absolute Gasteiger partial charge is 0.0988 e. The number of hydrogen-bond acceptors (Lipinski definition) is 0. The van der Waals surface area contributed by atoms with Crippen LogP contribution >= 0.6 is 0 Å². The number of benzene rings is 3. The monoisotopic (exact) mass is 380 g/mol. The molecule has 0 amide bonds. The van der Waals surface area contributed by atoms with Gasteiger partial charge in [0.25, 0.3) is 0 Å². The quantitative estimate of drug-likeness (QED) is 0.360. The first-order valence-electron chi connectivity index (χ1n) is 10.7. The van der Waals surface area contributed by atoms with E-state index >= 15 is 0 Å². The average Bonchev–Trinajstić information content (AvgIpc) is 2.76. The molecule has 0 aliphatic heterocycles. The van der Waals surface area contributed by atoms with E-state index in [9.17, 15) is 0 Å². The third-order valence-corrected chi connectivity index (χ3v) is 5.81. The minimum Gasteiger partial charge on any atom is -0.0988 e. The second-order valence-corrected chi connectivity index (χ2v) is 7.75. The maximum absolute atomic E-state index is 4.01. The van der Waals surface area contributed by atoms with Crippen LogP contribution in [0.15, 0.2) is 91.0 Å². The Balaban J connectivity index is 2.16. The molecule has 1 unspecified atom stereocenters. The second-order valence-electron chi connectivity index (χ2n) is 7.75. The molecule has 0 nitrogen and oxygen atoms in total. The summed E-state index contributed by atoms with van der Waals surface area (Å²) in [6.45, 7) is 12.8. The smallest absolute Gasteiger partial charge is 0.00641 e. The van der Waals surface area contributed by atoms with Crippen LogP contribution in [0.25, 0.3) is 16.3 Å². The maximum Gasteiger partial charge on any atom is 0.00641 e. The van der Waals surface area contributed by atoms with Crippen molar-refractivity contribution in [1.82, 2.24) is 0 Å². The van der Waals surface area contributed by atoms with Gasteiger partial charge in [0.2, 0.25) is 0 Å². The molecule has 3 rings (SSSR count). The van der Waals surface area contributed by atoms with Crippen molar-refractivity contribution >= 4 is 16.3 Å². The first kappa shape index (κ1) is 20.9. The topological polar surface area (TPSA) is 0 Å². The van der Waals surface area contributed by atoms with E-state index in [0.29, 0.717) is 5.92 Å². The zero-order valence-electron chi connectivity index (χ0n) is 18.2. The molecule has 0 aliphatic rings. The maximum atomic E-state index is 4.01. The molecule has 0 radical (unpaired) electrons. The van der Waals surface area contributed by atoms with Crippen molar-refractivity contribution in [3.8, 4) is 0 Å². The van der Waals surface area contributed by atoms with Crippen molar-refractivity contribution in [3.63, 3.8) is 0 Å². The molecule has 0 aromatic heterocycles. The molecule has 0 saturated heterocycles. The van der Waals surface area contributed by atoms with Gasteiger partial charge in [0.05, 0.1) is 0 Å². The number of rotatable bonds is 7. The summed E-state index contributed by atoms with van der Waals surface area (Å²) < 4.78 is 0. The van der Waals surface area contributed by atoms with Gasteiger partial charge in [-0.05, 0) is 64.4 Å². The highest BCUT2D eigenvalue weighted by molar-refractivity contribution is 5.83. The fourth-order valence-electron chi connectivity index (χ4n) is 4.16. The zero-order chi connectivity index (χ0) is 20.8. The summed E-state index contributed by atoms with van der Waals surface area (Å²) in [6, 6.07) is 22.3. The average molecular weight is 381 g/mol. The van der Waals surface area contributed by atoms with E-state index in [-0.39, 0.29) is 0 Å². The van der Waals surface area contributed by atoms with E-state index < -0.39 is 0 Å². The number of fused-ring (bicyclic) bond motifs is 1. The number of allylic oxidation sites excluding steroid dienone is 5. The lowest BCUT2D eigenvalue weighted by molar-refractivity contribution is 0.851. The van der Waals surface area contributed by atoms with E-state index in [0.717, 1.165) is 12.8 Å². The molecule has 0 heterocycles. The molecule has 0 spiro atoms. The van der Waals surface area contributed by atoms with Gasteiger partial charge in [-0.15, -0.1) is 0 Å². The predicted octanol–water partition coefficient (Wildman–Crippen LogP) is 8.48. The van der Waals surface area contributed by atoms with Gasteiger partial charge in [0.1, 0.15) is 0 Å². The minimum atomic E-state index is 0.344. The van der Waals surface area contributed by atoms with Crippen molar-refractivity contribution in [2.24, 2.45) is 0 Å². The highest BCUT2D eigenvalue weighted by Crippen LogP contribution is 2.35. The van der Waals surface area contributed by atoms with E-state index in [1.807, 2.05) is 6.08 Å². The van der Waals surface area contributed by atoms with Crippen molar-refractivity contribution in [1.29, 1.82) is 0 Å². The SMILES string of the molecule is C=C/C(C)=C(\C=C/C)c1cccc(C(C)c2ccc3ccccc3c2)c1CCC. The third-order valence-electron chi connectivity index (χ3n) is 5.81. The van der Waals surface area contributed by atoms with Crippen LogP contribution < -0.4 is 0 Å². The van der Waals surface area contributed by atoms with Gasteiger partial charge in [0, 0.05) is 5.92 Å². The Hall–Kier alpha value is -2.86. The normalized spacial score (nSPS) is 13.5. The summed E-state index contributed by atoms with van der Waals surface area (Å²) in [5.41, 5.74) is 8.10. The Morgan fingerprint density at radius 2 is 1.76 bits per heavy atom. The second kappa shape index (κ2) is 9.56.